The van der Waals surface area contributed by atoms with E-state index in [0.29, 0.717) is 18.5 Å². The second-order valence-electron chi connectivity index (χ2n) is 6.58. The van der Waals surface area contributed by atoms with Crippen LogP contribution in [0.5, 0.6) is 0 Å². The van der Waals surface area contributed by atoms with Gasteiger partial charge < -0.3 is 9.64 Å². The minimum absolute atomic E-state index is 0.0217. The fourth-order valence-electron chi connectivity index (χ4n) is 2.75. The first-order valence-electron chi connectivity index (χ1n) is 8.10. The van der Waals surface area contributed by atoms with Crippen molar-refractivity contribution in [1.29, 1.82) is 0 Å². The summed E-state index contributed by atoms with van der Waals surface area (Å²) >= 11 is 3.28. The van der Waals surface area contributed by atoms with Crippen molar-refractivity contribution in [2.45, 2.75) is 26.3 Å². The fraction of sp³-hybridized carbons (Fsp3) is 0.529. The zero-order valence-corrected chi connectivity index (χ0v) is 16.7. The summed E-state index contributed by atoms with van der Waals surface area (Å²) < 4.78 is 29.4. The van der Waals surface area contributed by atoms with Crippen LogP contribution in [0.25, 0.3) is 0 Å². The Bertz CT molecular complexity index is 730. The highest BCUT2D eigenvalue weighted by Crippen LogP contribution is 2.19. The zero-order chi connectivity index (χ0) is 18.6. The van der Waals surface area contributed by atoms with Gasteiger partial charge in [0.25, 0.3) is 5.91 Å². The molecule has 25 heavy (non-hydrogen) atoms. The van der Waals surface area contributed by atoms with E-state index in [4.69, 9.17) is 4.74 Å². The van der Waals surface area contributed by atoms with Gasteiger partial charge in [0, 0.05) is 17.1 Å². The summed E-state index contributed by atoms with van der Waals surface area (Å²) in [6.07, 6.45) is 0.432. The molecule has 2 rings (SSSR count). The van der Waals surface area contributed by atoms with Crippen molar-refractivity contribution in [3.63, 3.8) is 0 Å². The number of esters is 1. The molecule has 0 radical (unpaired) electrons. The first-order chi connectivity index (χ1) is 11.7. The molecule has 0 N–H and O–H groups in total. The van der Waals surface area contributed by atoms with Crippen LogP contribution >= 0.6 is 15.9 Å². The van der Waals surface area contributed by atoms with Gasteiger partial charge in [0.1, 0.15) is 0 Å². The summed E-state index contributed by atoms with van der Waals surface area (Å²) in [6, 6.07) is 6.30. The Labute approximate surface area is 156 Å². The second-order valence-corrected chi connectivity index (χ2v) is 9.72. The van der Waals surface area contributed by atoms with Crippen molar-refractivity contribution < 1.29 is 22.7 Å². The van der Waals surface area contributed by atoms with Gasteiger partial charge in [-0.25, -0.2) is 13.2 Å². The molecule has 6 nitrogen and oxygen atoms in total. The van der Waals surface area contributed by atoms with Gasteiger partial charge >= 0.3 is 5.97 Å². The van der Waals surface area contributed by atoms with Crippen molar-refractivity contribution in [3.05, 3.63) is 34.3 Å². The molecule has 138 valence electrons. The molecular formula is C17H22BrNO5S. The van der Waals surface area contributed by atoms with Gasteiger partial charge in [-0.05, 0) is 36.6 Å². The van der Waals surface area contributed by atoms with E-state index in [1.54, 1.807) is 29.2 Å². The van der Waals surface area contributed by atoms with Gasteiger partial charge in [-0.1, -0.05) is 29.8 Å². The Morgan fingerprint density at radius 2 is 1.92 bits per heavy atom. The minimum atomic E-state index is -3.09. The molecule has 1 aromatic rings. The van der Waals surface area contributed by atoms with Crippen LogP contribution in [0.15, 0.2) is 28.7 Å². The van der Waals surface area contributed by atoms with Crippen LogP contribution in [-0.2, 0) is 19.4 Å². The summed E-state index contributed by atoms with van der Waals surface area (Å²) in [5.41, 5.74) is 0.356. The molecule has 1 heterocycles. The largest absolute Gasteiger partial charge is 0.452 e. The van der Waals surface area contributed by atoms with Crippen LogP contribution < -0.4 is 0 Å². The molecule has 0 bridgehead atoms. The Balaban J connectivity index is 1.99. The van der Waals surface area contributed by atoms with Gasteiger partial charge in [0.2, 0.25) is 0 Å². The van der Waals surface area contributed by atoms with Gasteiger partial charge in [-0.3, -0.25) is 4.79 Å². The van der Waals surface area contributed by atoms with E-state index in [1.807, 2.05) is 13.8 Å². The topological polar surface area (TPSA) is 80.8 Å². The van der Waals surface area contributed by atoms with Crippen molar-refractivity contribution >= 4 is 37.6 Å². The number of amides is 1. The van der Waals surface area contributed by atoms with Crippen LogP contribution in [0.4, 0.5) is 0 Å². The highest BCUT2D eigenvalue weighted by molar-refractivity contribution is 9.10. The Morgan fingerprint density at radius 3 is 2.44 bits per heavy atom. The van der Waals surface area contributed by atoms with Crippen LogP contribution in [0.1, 0.15) is 30.6 Å². The Morgan fingerprint density at radius 1 is 1.28 bits per heavy atom. The van der Waals surface area contributed by atoms with Crippen molar-refractivity contribution in [2.24, 2.45) is 5.92 Å². The lowest BCUT2D eigenvalue weighted by molar-refractivity contribution is -0.137. The number of nitrogens with zero attached hydrogens (tertiary/aromatic N) is 1. The maximum absolute atomic E-state index is 12.5. The van der Waals surface area contributed by atoms with Gasteiger partial charge in [0.15, 0.2) is 16.4 Å². The lowest BCUT2D eigenvalue weighted by atomic mass is 10.1. The number of hydrogen-bond acceptors (Lipinski definition) is 5. The van der Waals surface area contributed by atoms with Crippen molar-refractivity contribution in [3.8, 4) is 0 Å². The van der Waals surface area contributed by atoms with E-state index in [2.05, 4.69) is 15.9 Å². The molecule has 1 aliphatic rings. The molecule has 0 aliphatic carbocycles. The van der Waals surface area contributed by atoms with Crippen molar-refractivity contribution in [1.82, 2.24) is 4.90 Å². The van der Waals surface area contributed by atoms with Crippen LogP contribution in [0, 0.1) is 5.92 Å². The quantitative estimate of drug-likeness (QED) is 0.645. The number of carbonyl (C=O) groups is 2. The number of sulfone groups is 1. The number of carbonyl (C=O) groups excluding carboxylic acids is 2. The van der Waals surface area contributed by atoms with E-state index in [0.717, 1.165) is 4.47 Å². The second kappa shape index (κ2) is 8.31. The average Bonchev–Trinajstić information content (AvgIpc) is 2.90. The van der Waals surface area contributed by atoms with Gasteiger partial charge in [-0.2, -0.15) is 0 Å². The van der Waals surface area contributed by atoms with E-state index < -0.39 is 22.4 Å². The summed E-state index contributed by atoms with van der Waals surface area (Å²) in [5.74, 6) is -0.676. The Kier molecular flexibility index (Phi) is 6.62. The zero-order valence-electron chi connectivity index (χ0n) is 14.3. The monoisotopic (exact) mass is 431 g/mol. The summed E-state index contributed by atoms with van der Waals surface area (Å²) in [5, 5.41) is 0. The molecule has 1 aliphatic heterocycles. The van der Waals surface area contributed by atoms with Crippen LogP contribution in [0.2, 0.25) is 0 Å². The van der Waals surface area contributed by atoms with E-state index >= 15 is 0 Å². The number of hydrogen-bond donors (Lipinski definition) is 0. The number of rotatable bonds is 6. The molecule has 0 saturated carbocycles. The standard InChI is InChI=1S/C17H22BrNO5S/c1-12(2)9-19(15-7-8-25(22,23)11-15)16(20)10-24-17(21)13-3-5-14(18)6-4-13/h3-6,12,15H,7-11H2,1-2H3/t15-/m0/s1. The molecule has 1 fully saturated rings. The number of benzene rings is 1. The summed E-state index contributed by atoms with van der Waals surface area (Å²) in [6.45, 7) is 3.96. The fourth-order valence-corrected chi connectivity index (χ4v) is 4.74. The molecule has 8 heteroatoms. The molecule has 0 spiro atoms. The van der Waals surface area contributed by atoms with Gasteiger partial charge in [0.05, 0.1) is 17.1 Å². The minimum Gasteiger partial charge on any atom is -0.452 e. The number of ether oxygens (including phenoxy) is 1. The first kappa shape index (κ1) is 19.9. The molecule has 0 unspecified atom stereocenters. The van der Waals surface area contributed by atoms with E-state index in [1.165, 1.54) is 0 Å². The van der Waals surface area contributed by atoms with Crippen molar-refractivity contribution in [2.75, 3.05) is 24.7 Å². The molecular weight excluding hydrogens is 410 g/mol. The SMILES string of the molecule is CC(C)CN(C(=O)COC(=O)c1ccc(Br)cc1)[C@H]1CCS(=O)(=O)C1. The predicted molar refractivity (Wildman–Crippen MR) is 98.0 cm³/mol. The lowest BCUT2D eigenvalue weighted by Crippen LogP contribution is -2.45. The first-order valence-corrected chi connectivity index (χ1v) is 10.7. The van der Waals surface area contributed by atoms with Crippen LogP contribution in [0.3, 0.4) is 0 Å². The van der Waals surface area contributed by atoms with E-state index in [9.17, 15) is 18.0 Å². The number of halogens is 1. The maximum atomic E-state index is 12.5. The third-order valence-corrected chi connectivity index (χ3v) is 6.22. The molecule has 1 amide bonds. The molecule has 1 aromatic carbocycles. The highest BCUT2D eigenvalue weighted by atomic mass is 79.9. The predicted octanol–water partition coefficient (Wildman–Crippen LogP) is 2.28. The summed E-state index contributed by atoms with van der Waals surface area (Å²) in [4.78, 5) is 26.1. The van der Waals surface area contributed by atoms with Gasteiger partial charge in [-0.15, -0.1) is 0 Å². The Hall–Kier alpha value is -1.41. The maximum Gasteiger partial charge on any atom is 0.338 e. The lowest BCUT2D eigenvalue weighted by Gasteiger charge is -2.29. The third-order valence-electron chi connectivity index (χ3n) is 3.94. The summed E-state index contributed by atoms with van der Waals surface area (Å²) in [7, 11) is -3.09. The third kappa shape index (κ3) is 5.81. The average molecular weight is 432 g/mol. The normalized spacial score (nSPS) is 19.0. The smallest absolute Gasteiger partial charge is 0.338 e. The highest BCUT2D eigenvalue weighted by Gasteiger charge is 2.35. The van der Waals surface area contributed by atoms with E-state index in [-0.39, 0.29) is 29.4 Å². The molecule has 1 saturated heterocycles. The molecule has 0 aromatic heterocycles. The molecule has 1 atom stereocenters. The van der Waals surface area contributed by atoms with Crippen LogP contribution in [-0.4, -0.2) is 55.9 Å².